The third kappa shape index (κ3) is 5.12. The number of esters is 1. The van der Waals surface area contributed by atoms with Crippen molar-refractivity contribution in [2.24, 2.45) is 0 Å². The van der Waals surface area contributed by atoms with Crippen molar-refractivity contribution < 1.29 is 19.1 Å². The highest BCUT2D eigenvalue weighted by molar-refractivity contribution is 6.00. The Kier molecular flexibility index (Phi) is 6.31. The summed E-state index contributed by atoms with van der Waals surface area (Å²) in [5.74, 6) is -1.05. The fourth-order valence-electron chi connectivity index (χ4n) is 3.08. The van der Waals surface area contributed by atoms with E-state index in [9.17, 15) is 14.4 Å². The lowest BCUT2D eigenvalue weighted by atomic mass is 10.1. The number of fused-ring (bicyclic) bond motifs is 1. The smallest absolute Gasteiger partial charge is 0.313 e. The minimum absolute atomic E-state index is 0.211. The molecule has 0 bridgehead atoms. The molecule has 0 aliphatic heterocycles. The molecule has 0 radical (unpaired) electrons. The zero-order valence-electron chi connectivity index (χ0n) is 15.6. The van der Waals surface area contributed by atoms with E-state index in [-0.39, 0.29) is 31.2 Å². The van der Waals surface area contributed by atoms with Crippen molar-refractivity contribution in [2.45, 2.75) is 32.2 Å². The highest BCUT2D eigenvalue weighted by Gasteiger charge is 2.21. The number of ketones is 1. The Morgan fingerprint density at radius 1 is 1.11 bits per heavy atom. The zero-order chi connectivity index (χ0) is 19.9. The molecule has 0 saturated carbocycles. The first-order valence-corrected chi connectivity index (χ1v) is 9.16. The summed E-state index contributed by atoms with van der Waals surface area (Å²) in [5, 5.41) is 5.73. The number of hydrogen-bond donors (Lipinski definition) is 2. The molecule has 2 N–H and O–H groups in total. The molecule has 3 rings (SSSR count). The van der Waals surface area contributed by atoms with E-state index in [1.165, 1.54) is 23.5 Å². The van der Waals surface area contributed by atoms with Gasteiger partial charge in [0.05, 0.1) is 18.7 Å². The monoisotopic (exact) mass is 382 g/mol. The van der Waals surface area contributed by atoms with E-state index < -0.39 is 17.7 Å². The first kappa shape index (κ1) is 19.5. The van der Waals surface area contributed by atoms with Gasteiger partial charge in [-0.1, -0.05) is 24.3 Å². The van der Waals surface area contributed by atoms with Crippen molar-refractivity contribution >= 4 is 23.6 Å². The second-order valence-electron chi connectivity index (χ2n) is 6.52. The number of carbonyl (C=O) groups is 3. The summed E-state index contributed by atoms with van der Waals surface area (Å²) in [6, 6.07) is 8.52. The van der Waals surface area contributed by atoms with E-state index >= 15 is 0 Å². The van der Waals surface area contributed by atoms with Crippen molar-refractivity contribution in [1.82, 2.24) is 15.3 Å². The topological polar surface area (TPSA) is 110 Å². The van der Waals surface area contributed by atoms with Gasteiger partial charge in [0.2, 0.25) is 5.95 Å². The van der Waals surface area contributed by atoms with Gasteiger partial charge in [0.25, 0.3) is 5.91 Å². The number of aromatic nitrogens is 2. The maximum Gasteiger partial charge on any atom is 0.313 e. The van der Waals surface area contributed by atoms with Crippen molar-refractivity contribution in [2.75, 3.05) is 18.5 Å². The van der Waals surface area contributed by atoms with Crippen LogP contribution in [0.4, 0.5) is 5.95 Å². The number of hydrogen-bond acceptors (Lipinski definition) is 7. The van der Waals surface area contributed by atoms with E-state index in [0.29, 0.717) is 5.95 Å². The first-order valence-electron chi connectivity index (χ1n) is 9.16. The van der Waals surface area contributed by atoms with Crippen LogP contribution in [0.5, 0.6) is 0 Å². The molecule has 0 atom stereocenters. The molecule has 8 nitrogen and oxygen atoms in total. The Hall–Kier alpha value is -3.29. The Labute approximate surface area is 162 Å². The largest absolute Gasteiger partial charge is 0.466 e. The van der Waals surface area contributed by atoms with Crippen molar-refractivity contribution in [3.63, 3.8) is 0 Å². The summed E-state index contributed by atoms with van der Waals surface area (Å²) in [6.07, 6.45) is 4.26. The number of ether oxygens (including phenoxy) is 1. The van der Waals surface area contributed by atoms with Gasteiger partial charge in [0.15, 0.2) is 5.78 Å². The van der Waals surface area contributed by atoms with Gasteiger partial charge in [0.1, 0.15) is 6.42 Å². The number of Topliss-reactive ketones (excluding diaryl/α,β-unsaturated/α-hetero) is 1. The van der Waals surface area contributed by atoms with Crippen molar-refractivity contribution in [3.8, 4) is 0 Å². The van der Waals surface area contributed by atoms with Crippen LogP contribution in [0.25, 0.3) is 0 Å². The van der Waals surface area contributed by atoms with Crippen LogP contribution >= 0.6 is 0 Å². The standard InChI is InChI=1S/C20H22N4O4/c1-2-28-18(26)9-17(25)12-21-19(27)15-10-22-20(23-11-15)24-16-7-13-5-3-4-6-14(13)8-16/h3-6,10-11,16H,2,7-9,12H2,1H3,(H,21,27)(H,22,23,24). The van der Waals surface area contributed by atoms with Crippen molar-refractivity contribution in [3.05, 3.63) is 53.3 Å². The summed E-state index contributed by atoms with van der Waals surface area (Å²) in [4.78, 5) is 43.3. The van der Waals surface area contributed by atoms with Crippen LogP contribution in [0.2, 0.25) is 0 Å². The summed E-state index contributed by atoms with van der Waals surface area (Å²) in [5.41, 5.74) is 2.89. The zero-order valence-corrected chi connectivity index (χ0v) is 15.6. The molecule has 1 aliphatic rings. The van der Waals surface area contributed by atoms with E-state index in [0.717, 1.165) is 12.8 Å². The number of amides is 1. The summed E-state index contributed by atoms with van der Waals surface area (Å²) >= 11 is 0. The molecule has 1 aromatic heterocycles. The highest BCUT2D eigenvalue weighted by Crippen LogP contribution is 2.23. The summed E-state index contributed by atoms with van der Waals surface area (Å²) < 4.78 is 4.69. The van der Waals surface area contributed by atoms with Gasteiger partial charge in [-0.2, -0.15) is 0 Å². The van der Waals surface area contributed by atoms with Gasteiger partial charge in [-0.05, 0) is 30.9 Å². The van der Waals surface area contributed by atoms with Gasteiger partial charge in [0, 0.05) is 18.4 Å². The number of anilines is 1. The molecule has 0 saturated heterocycles. The number of nitrogens with zero attached hydrogens (tertiary/aromatic N) is 2. The number of nitrogens with one attached hydrogen (secondary N) is 2. The van der Waals surface area contributed by atoms with Crippen LogP contribution in [0.15, 0.2) is 36.7 Å². The lowest BCUT2D eigenvalue weighted by Gasteiger charge is -2.12. The van der Waals surface area contributed by atoms with Crippen LogP contribution < -0.4 is 10.6 Å². The Morgan fingerprint density at radius 3 is 2.36 bits per heavy atom. The molecular formula is C20H22N4O4. The molecule has 1 aromatic carbocycles. The third-order valence-electron chi connectivity index (χ3n) is 4.39. The minimum atomic E-state index is -0.602. The molecule has 0 spiro atoms. The SMILES string of the molecule is CCOC(=O)CC(=O)CNC(=O)c1cnc(NC2Cc3ccccc3C2)nc1. The average molecular weight is 382 g/mol. The highest BCUT2D eigenvalue weighted by atomic mass is 16.5. The van der Waals surface area contributed by atoms with Gasteiger partial charge in [-0.15, -0.1) is 0 Å². The van der Waals surface area contributed by atoms with E-state index in [2.05, 4.69) is 32.7 Å². The van der Waals surface area contributed by atoms with Gasteiger partial charge in [-0.3, -0.25) is 14.4 Å². The third-order valence-corrected chi connectivity index (χ3v) is 4.39. The minimum Gasteiger partial charge on any atom is -0.466 e. The molecular weight excluding hydrogens is 360 g/mol. The van der Waals surface area contributed by atoms with E-state index in [1.54, 1.807) is 6.92 Å². The first-order chi connectivity index (χ1) is 13.5. The Balaban J connectivity index is 1.47. The Morgan fingerprint density at radius 2 is 1.75 bits per heavy atom. The average Bonchev–Trinajstić information content (AvgIpc) is 3.09. The van der Waals surface area contributed by atoms with Gasteiger partial charge >= 0.3 is 5.97 Å². The molecule has 2 aromatic rings. The second kappa shape index (κ2) is 9.07. The second-order valence-corrected chi connectivity index (χ2v) is 6.52. The lowest BCUT2D eigenvalue weighted by Crippen LogP contribution is -2.31. The molecule has 1 heterocycles. The predicted molar refractivity (Wildman–Crippen MR) is 102 cm³/mol. The molecule has 8 heteroatoms. The Bertz CT molecular complexity index is 842. The van der Waals surface area contributed by atoms with Crippen LogP contribution in [0, 0.1) is 0 Å². The lowest BCUT2D eigenvalue weighted by molar-refractivity contribution is -0.145. The van der Waals surface area contributed by atoms with E-state index in [4.69, 9.17) is 4.74 Å². The molecule has 28 heavy (non-hydrogen) atoms. The molecule has 0 unspecified atom stereocenters. The predicted octanol–water partition coefficient (Wildman–Crippen LogP) is 1.31. The quantitative estimate of drug-likeness (QED) is 0.523. The summed E-state index contributed by atoms with van der Waals surface area (Å²) in [6.45, 7) is 1.62. The molecule has 1 aliphatic carbocycles. The number of rotatable bonds is 8. The van der Waals surface area contributed by atoms with Gasteiger partial charge < -0.3 is 15.4 Å². The fraction of sp³-hybridized carbons (Fsp3) is 0.350. The number of benzene rings is 1. The van der Waals surface area contributed by atoms with Crippen LogP contribution in [-0.2, 0) is 27.2 Å². The van der Waals surface area contributed by atoms with Crippen LogP contribution in [0.1, 0.15) is 34.8 Å². The molecule has 1 amide bonds. The van der Waals surface area contributed by atoms with Crippen LogP contribution in [-0.4, -0.2) is 46.8 Å². The molecule has 146 valence electrons. The maximum atomic E-state index is 12.1. The van der Waals surface area contributed by atoms with Gasteiger partial charge in [-0.25, -0.2) is 9.97 Å². The van der Waals surface area contributed by atoms with Crippen molar-refractivity contribution in [1.29, 1.82) is 0 Å². The number of carbonyl (C=O) groups excluding carboxylic acids is 3. The summed E-state index contributed by atoms with van der Waals surface area (Å²) in [7, 11) is 0. The van der Waals surface area contributed by atoms with Crippen LogP contribution in [0.3, 0.4) is 0 Å². The normalized spacial score (nSPS) is 12.9. The maximum absolute atomic E-state index is 12.1. The fourth-order valence-corrected chi connectivity index (χ4v) is 3.08. The molecule has 0 fully saturated rings. The van der Waals surface area contributed by atoms with E-state index in [1.807, 2.05) is 12.1 Å².